The zero-order chi connectivity index (χ0) is 15.0. The summed E-state index contributed by atoms with van der Waals surface area (Å²) in [5.74, 6) is -0.984. The van der Waals surface area contributed by atoms with Crippen LogP contribution in [-0.4, -0.2) is 26.4 Å². The summed E-state index contributed by atoms with van der Waals surface area (Å²) in [7, 11) is 0. The highest BCUT2D eigenvalue weighted by Gasteiger charge is 2.33. The number of aliphatic carboxylic acids is 1. The second-order valence-corrected chi connectivity index (χ2v) is 7.61. The summed E-state index contributed by atoms with van der Waals surface area (Å²) in [5, 5.41) is 11.9. The van der Waals surface area contributed by atoms with Crippen molar-refractivity contribution >= 4 is 39.3 Å². The molecule has 0 atom stereocenters. The maximum atomic E-state index is 12.6. The lowest BCUT2D eigenvalue weighted by Crippen LogP contribution is -2.36. The topological polar surface area (TPSA) is 72.2 Å². The highest BCUT2D eigenvalue weighted by Crippen LogP contribution is 2.42. The van der Waals surface area contributed by atoms with Gasteiger partial charge >= 0.3 is 5.97 Å². The predicted molar refractivity (Wildman–Crippen MR) is 84.2 cm³/mol. The van der Waals surface area contributed by atoms with Gasteiger partial charge in [-0.2, -0.15) is 0 Å². The summed E-state index contributed by atoms with van der Waals surface area (Å²) in [6.45, 7) is 2.79. The van der Waals surface area contributed by atoms with Crippen LogP contribution in [0.25, 0.3) is 10.2 Å². The summed E-state index contributed by atoms with van der Waals surface area (Å²) in [4.78, 5) is 28.6. The number of hydrogen-bond donors (Lipinski definition) is 1. The molecule has 0 spiro atoms. The van der Waals surface area contributed by atoms with Gasteiger partial charge in [0.2, 0.25) is 0 Å². The van der Waals surface area contributed by atoms with Gasteiger partial charge < -0.3 is 5.11 Å². The first-order chi connectivity index (χ1) is 9.98. The number of thiophene rings is 1. The molecule has 0 bridgehead atoms. The average molecular weight is 324 g/mol. The van der Waals surface area contributed by atoms with Crippen molar-refractivity contribution in [2.24, 2.45) is 5.41 Å². The van der Waals surface area contributed by atoms with Gasteiger partial charge in [0.25, 0.3) is 5.56 Å². The van der Waals surface area contributed by atoms with Crippen LogP contribution in [0.1, 0.15) is 26.2 Å². The van der Waals surface area contributed by atoms with Crippen molar-refractivity contribution in [1.82, 2.24) is 9.55 Å². The van der Waals surface area contributed by atoms with Gasteiger partial charge in [0, 0.05) is 6.54 Å². The van der Waals surface area contributed by atoms with Crippen molar-refractivity contribution in [3.05, 3.63) is 21.8 Å². The number of rotatable bonds is 5. The molecule has 0 amide bonds. The number of thioether (sulfide) groups is 1. The first-order valence-corrected chi connectivity index (χ1v) is 8.68. The molecule has 2 heterocycles. The fourth-order valence-corrected chi connectivity index (χ4v) is 4.15. The normalized spacial score (nSPS) is 16.8. The van der Waals surface area contributed by atoms with E-state index in [4.69, 9.17) is 5.11 Å². The van der Waals surface area contributed by atoms with Gasteiger partial charge in [0.05, 0.1) is 11.1 Å². The van der Waals surface area contributed by atoms with Crippen molar-refractivity contribution in [2.45, 2.75) is 37.9 Å². The molecule has 0 radical (unpaired) electrons. The minimum atomic E-state index is -0.901. The van der Waals surface area contributed by atoms with Crippen LogP contribution in [-0.2, 0) is 11.3 Å². The average Bonchev–Trinajstić information content (AvgIpc) is 2.86. The minimum Gasteiger partial charge on any atom is -0.481 e. The number of fused-ring (bicyclic) bond motifs is 1. The Morgan fingerprint density at radius 2 is 2.33 bits per heavy atom. The van der Waals surface area contributed by atoms with E-state index in [1.807, 2.05) is 5.38 Å². The Kier molecular flexibility index (Phi) is 3.79. The summed E-state index contributed by atoms with van der Waals surface area (Å²) in [6.07, 6.45) is 3.39. The summed E-state index contributed by atoms with van der Waals surface area (Å²) < 4.78 is 1.67. The molecular weight excluding hydrogens is 308 g/mol. The smallest absolute Gasteiger partial charge is 0.313 e. The summed E-state index contributed by atoms with van der Waals surface area (Å²) in [6, 6.07) is 1.79. The Bertz CT molecular complexity index is 746. The van der Waals surface area contributed by atoms with Crippen molar-refractivity contribution in [1.29, 1.82) is 0 Å². The first kappa shape index (κ1) is 14.6. The van der Waals surface area contributed by atoms with Gasteiger partial charge in [0.15, 0.2) is 5.16 Å². The molecule has 112 valence electrons. The molecule has 5 nitrogen and oxygen atoms in total. The van der Waals surface area contributed by atoms with Crippen molar-refractivity contribution in [2.75, 3.05) is 5.75 Å². The number of carbonyl (C=O) groups is 1. The SMILES string of the molecule is CC1(Cn2c(SCC(=O)O)nc3sccc3c2=O)CCC1. The van der Waals surface area contributed by atoms with Crippen LogP contribution in [0.5, 0.6) is 0 Å². The molecule has 7 heteroatoms. The van der Waals surface area contributed by atoms with E-state index < -0.39 is 5.97 Å². The van der Waals surface area contributed by atoms with E-state index in [9.17, 15) is 9.59 Å². The third-order valence-electron chi connectivity index (χ3n) is 3.97. The predicted octanol–water partition coefficient (Wildman–Crippen LogP) is 2.82. The molecule has 3 rings (SSSR count). The van der Waals surface area contributed by atoms with E-state index in [0.29, 0.717) is 21.9 Å². The number of hydrogen-bond acceptors (Lipinski definition) is 5. The number of carboxylic acids is 1. The molecule has 0 aliphatic heterocycles. The van der Waals surface area contributed by atoms with E-state index in [1.165, 1.54) is 17.8 Å². The van der Waals surface area contributed by atoms with Crippen LogP contribution in [0, 0.1) is 5.41 Å². The van der Waals surface area contributed by atoms with Gasteiger partial charge in [-0.1, -0.05) is 25.1 Å². The molecule has 21 heavy (non-hydrogen) atoms. The van der Waals surface area contributed by atoms with Gasteiger partial charge in [-0.05, 0) is 29.7 Å². The van der Waals surface area contributed by atoms with Crippen molar-refractivity contribution in [3.8, 4) is 0 Å². The first-order valence-electron chi connectivity index (χ1n) is 6.81. The number of nitrogens with zero attached hydrogens (tertiary/aromatic N) is 2. The van der Waals surface area contributed by atoms with Gasteiger partial charge in [0.1, 0.15) is 4.83 Å². The van der Waals surface area contributed by atoms with Crippen LogP contribution in [0.3, 0.4) is 0 Å². The van der Waals surface area contributed by atoms with Crippen LogP contribution in [0.2, 0.25) is 0 Å². The molecule has 0 saturated heterocycles. The van der Waals surface area contributed by atoms with E-state index in [2.05, 4.69) is 11.9 Å². The third kappa shape index (κ3) is 2.85. The Balaban J connectivity index is 2.04. The van der Waals surface area contributed by atoms with E-state index >= 15 is 0 Å². The molecule has 0 aromatic carbocycles. The van der Waals surface area contributed by atoms with E-state index in [0.717, 1.165) is 24.6 Å². The molecule has 1 aliphatic rings. The fraction of sp³-hybridized carbons (Fsp3) is 0.500. The number of aromatic nitrogens is 2. The highest BCUT2D eigenvalue weighted by molar-refractivity contribution is 7.99. The summed E-state index contributed by atoms with van der Waals surface area (Å²) in [5.41, 5.74) is 0.0792. The molecule has 1 fully saturated rings. The van der Waals surface area contributed by atoms with E-state index in [-0.39, 0.29) is 16.7 Å². The Morgan fingerprint density at radius 3 is 2.95 bits per heavy atom. The number of carboxylic acid groups (broad SMARTS) is 1. The van der Waals surface area contributed by atoms with Gasteiger partial charge in [-0.15, -0.1) is 11.3 Å². The largest absolute Gasteiger partial charge is 0.481 e. The Hall–Kier alpha value is -1.34. The second kappa shape index (κ2) is 5.46. The molecule has 1 N–H and O–H groups in total. The Labute approximate surface area is 130 Å². The van der Waals surface area contributed by atoms with Crippen LogP contribution in [0.4, 0.5) is 0 Å². The molecule has 1 saturated carbocycles. The fourth-order valence-electron chi connectivity index (χ4n) is 2.63. The van der Waals surface area contributed by atoms with Crippen LogP contribution < -0.4 is 5.56 Å². The highest BCUT2D eigenvalue weighted by atomic mass is 32.2. The molecule has 2 aromatic rings. The van der Waals surface area contributed by atoms with Crippen LogP contribution in [0.15, 0.2) is 21.4 Å². The van der Waals surface area contributed by atoms with Gasteiger partial charge in [-0.25, -0.2) is 4.98 Å². The van der Waals surface area contributed by atoms with Crippen molar-refractivity contribution in [3.63, 3.8) is 0 Å². The van der Waals surface area contributed by atoms with Crippen molar-refractivity contribution < 1.29 is 9.90 Å². The second-order valence-electron chi connectivity index (χ2n) is 5.77. The lowest BCUT2D eigenvalue weighted by atomic mass is 9.70. The maximum Gasteiger partial charge on any atom is 0.313 e. The minimum absolute atomic E-state index is 0.0535. The van der Waals surface area contributed by atoms with E-state index in [1.54, 1.807) is 10.6 Å². The Morgan fingerprint density at radius 1 is 1.57 bits per heavy atom. The zero-order valence-electron chi connectivity index (χ0n) is 11.7. The standard InChI is InChI=1S/C14H16N2O3S2/c1-14(4-2-5-14)8-16-12(19)9-3-6-20-11(9)15-13(16)21-7-10(17)18/h3,6H,2,4-5,7-8H2,1H3,(H,17,18). The molecular formula is C14H16N2O3S2. The third-order valence-corrected chi connectivity index (χ3v) is 5.74. The molecule has 2 aromatic heterocycles. The maximum absolute atomic E-state index is 12.6. The monoisotopic (exact) mass is 324 g/mol. The lowest BCUT2D eigenvalue weighted by Gasteiger charge is -2.39. The molecule has 1 aliphatic carbocycles. The van der Waals surface area contributed by atoms with Crippen LogP contribution >= 0.6 is 23.1 Å². The lowest BCUT2D eigenvalue weighted by molar-refractivity contribution is -0.133. The quantitative estimate of drug-likeness (QED) is 0.676. The van der Waals surface area contributed by atoms with Gasteiger partial charge in [-0.3, -0.25) is 14.2 Å². The molecule has 0 unspecified atom stereocenters. The zero-order valence-corrected chi connectivity index (χ0v) is 13.3. The summed E-state index contributed by atoms with van der Waals surface area (Å²) >= 11 is 2.53.